The SMILES string of the molecule is COc1cccc(NC(=O)[C@@H](N)Cc2ccc(B(O)O)cc2)c1. The van der Waals surface area contributed by atoms with Crippen LogP contribution in [0.15, 0.2) is 48.5 Å². The fraction of sp³-hybridized carbons (Fsp3) is 0.188. The number of hydrogen-bond acceptors (Lipinski definition) is 5. The first-order valence-electron chi connectivity index (χ1n) is 7.15. The predicted molar refractivity (Wildman–Crippen MR) is 89.6 cm³/mol. The summed E-state index contributed by atoms with van der Waals surface area (Å²) in [7, 11) is 0.0497. The molecule has 0 spiro atoms. The number of nitrogens with two attached hydrogens (primary N) is 1. The summed E-state index contributed by atoms with van der Waals surface area (Å²) in [5.74, 6) is 0.346. The molecule has 2 rings (SSSR count). The Labute approximate surface area is 135 Å². The van der Waals surface area contributed by atoms with Gasteiger partial charge in [-0.05, 0) is 29.6 Å². The second-order valence-electron chi connectivity index (χ2n) is 5.15. The molecule has 1 atom stereocenters. The minimum Gasteiger partial charge on any atom is -0.497 e. The number of ether oxygens (including phenoxy) is 1. The molecule has 0 aliphatic rings. The lowest BCUT2D eigenvalue weighted by Gasteiger charge is -2.13. The first-order chi connectivity index (χ1) is 11.0. The molecule has 0 fully saturated rings. The van der Waals surface area contributed by atoms with E-state index in [2.05, 4.69) is 5.32 Å². The van der Waals surface area contributed by atoms with Crippen molar-refractivity contribution in [2.24, 2.45) is 5.73 Å². The predicted octanol–water partition coefficient (Wildman–Crippen LogP) is -0.116. The molecule has 0 saturated heterocycles. The molecule has 0 radical (unpaired) electrons. The van der Waals surface area contributed by atoms with Gasteiger partial charge >= 0.3 is 7.12 Å². The molecule has 23 heavy (non-hydrogen) atoms. The Bertz CT molecular complexity index is 661. The summed E-state index contributed by atoms with van der Waals surface area (Å²) < 4.78 is 5.10. The van der Waals surface area contributed by atoms with Gasteiger partial charge in [-0.25, -0.2) is 0 Å². The highest BCUT2D eigenvalue weighted by Gasteiger charge is 2.16. The van der Waals surface area contributed by atoms with Crippen molar-refractivity contribution in [2.45, 2.75) is 12.5 Å². The van der Waals surface area contributed by atoms with Gasteiger partial charge in [0.05, 0.1) is 13.2 Å². The van der Waals surface area contributed by atoms with Crippen molar-refractivity contribution in [3.05, 3.63) is 54.1 Å². The Balaban J connectivity index is 1.96. The maximum Gasteiger partial charge on any atom is 0.488 e. The van der Waals surface area contributed by atoms with Crippen molar-refractivity contribution in [2.75, 3.05) is 12.4 Å². The average Bonchev–Trinajstić information content (AvgIpc) is 2.55. The van der Waals surface area contributed by atoms with Crippen LogP contribution >= 0.6 is 0 Å². The average molecular weight is 314 g/mol. The highest BCUT2D eigenvalue weighted by atomic mass is 16.5. The van der Waals surface area contributed by atoms with Crippen molar-refractivity contribution < 1.29 is 19.6 Å². The Hall–Kier alpha value is -2.35. The van der Waals surface area contributed by atoms with Gasteiger partial charge in [-0.2, -0.15) is 0 Å². The van der Waals surface area contributed by atoms with Crippen molar-refractivity contribution >= 4 is 24.2 Å². The molecule has 1 amide bonds. The number of nitrogens with one attached hydrogen (secondary N) is 1. The van der Waals surface area contributed by atoms with Crippen molar-refractivity contribution in [3.63, 3.8) is 0 Å². The van der Waals surface area contributed by atoms with Crippen LogP contribution in [0, 0.1) is 0 Å². The standard InChI is InChI=1S/C16H19BN2O4/c1-23-14-4-2-3-13(10-14)19-16(20)15(18)9-11-5-7-12(8-6-11)17(21)22/h2-8,10,15,21-22H,9,18H2,1H3,(H,19,20)/t15-/m0/s1. The monoisotopic (exact) mass is 314 g/mol. The van der Waals surface area contributed by atoms with Crippen molar-refractivity contribution in [1.29, 1.82) is 0 Å². The second kappa shape index (κ2) is 7.78. The molecule has 5 N–H and O–H groups in total. The maximum absolute atomic E-state index is 12.1. The second-order valence-corrected chi connectivity index (χ2v) is 5.15. The Morgan fingerprint density at radius 1 is 1.26 bits per heavy atom. The lowest BCUT2D eigenvalue weighted by molar-refractivity contribution is -0.117. The van der Waals surface area contributed by atoms with Gasteiger partial charge in [0.1, 0.15) is 5.75 Å². The zero-order chi connectivity index (χ0) is 16.8. The first kappa shape index (κ1) is 17.0. The van der Waals surface area contributed by atoms with E-state index in [0.29, 0.717) is 23.3 Å². The van der Waals surface area contributed by atoms with Crippen molar-refractivity contribution in [1.82, 2.24) is 0 Å². The number of rotatable bonds is 6. The largest absolute Gasteiger partial charge is 0.497 e. The smallest absolute Gasteiger partial charge is 0.488 e. The molecule has 0 unspecified atom stereocenters. The molecule has 0 aliphatic heterocycles. The fourth-order valence-corrected chi connectivity index (χ4v) is 2.11. The normalized spacial score (nSPS) is 11.7. The van der Waals surface area contributed by atoms with E-state index in [9.17, 15) is 4.79 Å². The van der Waals surface area contributed by atoms with Crippen LogP contribution in [0.3, 0.4) is 0 Å². The van der Waals surface area contributed by atoms with E-state index in [0.717, 1.165) is 5.56 Å². The van der Waals surface area contributed by atoms with Gasteiger partial charge in [-0.1, -0.05) is 30.3 Å². The molecule has 0 aromatic heterocycles. The first-order valence-corrected chi connectivity index (χ1v) is 7.15. The topological polar surface area (TPSA) is 105 Å². The summed E-state index contributed by atoms with van der Waals surface area (Å²) in [5, 5.41) is 20.8. The molecule has 6 nitrogen and oxygen atoms in total. The van der Waals surface area contributed by atoms with E-state index in [1.807, 2.05) is 0 Å². The van der Waals surface area contributed by atoms with Gasteiger partial charge in [0.15, 0.2) is 0 Å². The van der Waals surface area contributed by atoms with Crippen LogP contribution in [0.25, 0.3) is 0 Å². The molecule has 0 heterocycles. The highest BCUT2D eigenvalue weighted by molar-refractivity contribution is 6.58. The molecule has 2 aromatic rings. The van der Waals surface area contributed by atoms with Gasteiger partial charge in [0.25, 0.3) is 0 Å². The highest BCUT2D eigenvalue weighted by Crippen LogP contribution is 2.17. The number of amides is 1. The van der Waals surface area contributed by atoms with E-state index >= 15 is 0 Å². The number of methoxy groups -OCH3 is 1. The fourth-order valence-electron chi connectivity index (χ4n) is 2.11. The van der Waals surface area contributed by atoms with Gasteiger partial charge in [0.2, 0.25) is 5.91 Å². The molecular formula is C16H19BN2O4. The van der Waals surface area contributed by atoms with Crippen LogP contribution in [0.4, 0.5) is 5.69 Å². The van der Waals surface area contributed by atoms with Gasteiger partial charge in [0, 0.05) is 11.8 Å². The van der Waals surface area contributed by atoms with Crippen LogP contribution in [-0.2, 0) is 11.2 Å². The van der Waals surface area contributed by atoms with Crippen LogP contribution in [0.5, 0.6) is 5.75 Å². The summed E-state index contributed by atoms with van der Waals surface area (Å²) in [4.78, 5) is 12.1. The third-order valence-corrected chi connectivity index (χ3v) is 3.41. The Morgan fingerprint density at radius 2 is 1.96 bits per heavy atom. The molecular weight excluding hydrogens is 295 g/mol. The van der Waals surface area contributed by atoms with Gasteiger partial charge < -0.3 is 25.8 Å². The van der Waals surface area contributed by atoms with E-state index in [4.69, 9.17) is 20.5 Å². The van der Waals surface area contributed by atoms with Crippen molar-refractivity contribution in [3.8, 4) is 5.75 Å². The van der Waals surface area contributed by atoms with E-state index in [1.165, 1.54) is 0 Å². The van der Waals surface area contributed by atoms with Gasteiger partial charge in [-0.3, -0.25) is 4.79 Å². The number of carbonyl (C=O) groups is 1. The molecule has 0 bridgehead atoms. The van der Waals surface area contributed by atoms with E-state index in [1.54, 1.807) is 55.6 Å². The number of anilines is 1. The lowest BCUT2D eigenvalue weighted by Crippen LogP contribution is -2.37. The summed E-state index contributed by atoms with van der Waals surface area (Å²) in [6.07, 6.45) is 0.345. The van der Waals surface area contributed by atoms with Gasteiger partial charge in [-0.15, -0.1) is 0 Å². The summed E-state index contributed by atoms with van der Waals surface area (Å²) >= 11 is 0. The van der Waals surface area contributed by atoms with E-state index < -0.39 is 13.2 Å². The molecule has 7 heteroatoms. The molecule has 0 saturated carbocycles. The number of hydrogen-bond donors (Lipinski definition) is 4. The van der Waals surface area contributed by atoms with Crippen LogP contribution in [-0.4, -0.2) is 36.2 Å². The third kappa shape index (κ3) is 4.82. The zero-order valence-corrected chi connectivity index (χ0v) is 12.8. The molecule has 0 aliphatic carbocycles. The Kier molecular flexibility index (Phi) is 5.75. The molecule has 120 valence electrons. The summed E-state index contributed by atoms with van der Waals surface area (Å²) in [6.45, 7) is 0. The van der Waals surface area contributed by atoms with Crippen LogP contribution < -0.4 is 21.3 Å². The molecule has 2 aromatic carbocycles. The minimum atomic E-state index is -1.51. The van der Waals surface area contributed by atoms with Crippen LogP contribution in [0.1, 0.15) is 5.56 Å². The van der Waals surface area contributed by atoms with Crippen LogP contribution in [0.2, 0.25) is 0 Å². The van der Waals surface area contributed by atoms with E-state index in [-0.39, 0.29) is 5.91 Å². The Morgan fingerprint density at radius 3 is 2.57 bits per heavy atom. The quantitative estimate of drug-likeness (QED) is 0.557. The summed E-state index contributed by atoms with van der Waals surface area (Å²) in [5.41, 5.74) is 7.77. The third-order valence-electron chi connectivity index (χ3n) is 3.41. The zero-order valence-electron chi connectivity index (χ0n) is 12.8. The maximum atomic E-state index is 12.1. The lowest BCUT2D eigenvalue weighted by atomic mass is 9.80. The summed E-state index contributed by atoms with van der Waals surface area (Å²) in [6, 6.07) is 12.9. The number of benzene rings is 2. The number of carbonyl (C=O) groups excluding carboxylic acids is 1. The minimum absolute atomic E-state index is 0.301.